The van der Waals surface area contributed by atoms with Crippen LogP contribution in [0.15, 0.2) is 41.3 Å². The number of sulfonamides is 1. The Morgan fingerprint density at radius 1 is 1.24 bits per heavy atom. The van der Waals surface area contributed by atoms with Gasteiger partial charge in [0.15, 0.2) is 0 Å². The van der Waals surface area contributed by atoms with Crippen molar-refractivity contribution in [1.29, 1.82) is 0 Å². The van der Waals surface area contributed by atoms with Gasteiger partial charge in [-0.15, -0.1) is 0 Å². The van der Waals surface area contributed by atoms with Crippen molar-refractivity contribution in [2.75, 3.05) is 17.6 Å². The summed E-state index contributed by atoms with van der Waals surface area (Å²) < 4.78 is 44.8. The van der Waals surface area contributed by atoms with Gasteiger partial charge in [0.1, 0.15) is 16.5 Å². The second-order valence-corrected chi connectivity index (χ2v) is 6.19. The molecule has 0 bridgehead atoms. The quantitative estimate of drug-likeness (QED) is 0.845. The zero-order valence-electron chi connectivity index (χ0n) is 10.9. The van der Waals surface area contributed by atoms with Gasteiger partial charge in [-0.2, -0.15) is 0 Å². The summed E-state index contributed by atoms with van der Waals surface area (Å²) in [7, 11) is -2.55. The molecular weight excluding hydrogens is 319 g/mol. The largest absolute Gasteiger partial charge is 0.497 e. The fourth-order valence-electron chi connectivity index (χ4n) is 1.67. The van der Waals surface area contributed by atoms with Gasteiger partial charge < -0.3 is 10.5 Å². The lowest BCUT2D eigenvalue weighted by Crippen LogP contribution is -2.15. The number of ether oxygens (including phenoxy) is 1. The van der Waals surface area contributed by atoms with E-state index in [4.69, 9.17) is 22.1 Å². The van der Waals surface area contributed by atoms with Gasteiger partial charge in [0, 0.05) is 6.07 Å². The molecular formula is C13H12ClFN2O3S. The molecule has 2 rings (SSSR count). The molecule has 0 radical (unpaired) electrons. The maximum atomic E-state index is 13.0. The first-order chi connectivity index (χ1) is 9.83. The average Bonchev–Trinajstić information content (AvgIpc) is 2.40. The number of halogens is 2. The molecule has 0 fully saturated rings. The van der Waals surface area contributed by atoms with Gasteiger partial charge in [-0.25, -0.2) is 12.8 Å². The first kappa shape index (κ1) is 15.4. The summed E-state index contributed by atoms with van der Waals surface area (Å²) >= 11 is 5.94. The number of nitrogens with two attached hydrogens (primary N) is 1. The first-order valence-electron chi connectivity index (χ1n) is 5.75. The van der Waals surface area contributed by atoms with E-state index in [1.54, 1.807) is 6.07 Å². The Kier molecular flexibility index (Phi) is 4.24. The molecule has 0 aliphatic rings. The number of nitrogen functional groups attached to an aromatic ring is 1. The molecule has 0 saturated carbocycles. The molecule has 0 aliphatic carbocycles. The number of anilines is 2. The lowest BCUT2D eigenvalue weighted by molar-refractivity contribution is 0.415. The molecule has 0 saturated heterocycles. The van der Waals surface area contributed by atoms with Crippen LogP contribution < -0.4 is 15.2 Å². The van der Waals surface area contributed by atoms with Crippen LogP contribution in [0.2, 0.25) is 5.02 Å². The van der Waals surface area contributed by atoms with Crippen LogP contribution in [0.3, 0.4) is 0 Å². The molecule has 0 atom stereocenters. The Bertz CT molecular complexity index is 781. The third-order valence-corrected chi connectivity index (χ3v) is 4.45. The Labute approximate surface area is 126 Å². The van der Waals surface area contributed by atoms with Crippen molar-refractivity contribution in [1.82, 2.24) is 0 Å². The Morgan fingerprint density at radius 2 is 1.95 bits per heavy atom. The standard InChI is InChI=1S/C13H12ClFN2O3S/c1-20-9-3-4-10(14)12(7-9)17-21(18,19)13-5-2-8(15)6-11(13)16/h2-7,17H,16H2,1H3. The second kappa shape index (κ2) is 5.79. The SMILES string of the molecule is COc1ccc(Cl)c(NS(=O)(=O)c2ccc(F)cc2N)c1. The molecule has 0 heterocycles. The van der Waals surface area contributed by atoms with Crippen molar-refractivity contribution in [3.63, 3.8) is 0 Å². The van der Waals surface area contributed by atoms with Crippen molar-refractivity contribution in [3.05, 3.63) is 47.2 Å². The highest BCUT2D eigenvalue weighted by Gasteiger charge is 2.19. The number of nitrogens with one attached hydrogen (secondary N) is 1. The van der Waals surface area contributed by atoms with E-state index in [2.05, 4.69) is 4.72 Å². The van der Waals surface area contributed by atoms with E-state index in [0.29, 0.717) is 5.75 Å². The first-order valence-corrected chi connectivity index (χ1v) is 7.61. The number of methoxy groups -OCH3 is 1. The van der Waals surface area contributed by atoms with E-state index >= 15 is 0 Å². The zero-order chi connectivity index (χ0) is 15.6. The Balaban J connectivity index is 2.42. The molecule has 112 valence electrons. The lowest BCUT2D eigenvalue weighted by atomic mass is 10.3. The van der Waals surface area contributed by atoms with Gasteiger partial charge in [-0.1, -0.05) is 11.6 Å². The lowest BCUT2D eigenvalue weighted by Gasteiger charge is -2.12. The molecule has 8 heteroatoms. The van der Waals surface area contributed by atoms with Gasteiger partial charge >= 0.3 is 0 Å². The van der Waals surface area contributed by atoms with E-state index in [1.165, 1.54) is 19.2 Å². The summed E-state index contributed by atoms with van der Waals surface area (Å²) in [5.74, 6) is -0.185. The van der Waals surface area contributed by atoms with Gasteiger partial charge in [0.2, 0.25) is 0 Å². The van der Waals surface area contributed by atoms with E-state index < -0.39 is 15.8 Å². The fraction of sp³-hybridized carbons (Fsp3) is 0.0769. The van der Waals surface area contributed by atoms with Crippen molar-refractivity contribution in [3.8, 4) is 5.75 Å². The van der Waals surface area contributed by atoms with Gasteiger partial charge in [-0.05, 0) is 30.3 Å². The minimum atomic E-state index is -3.99. The molecule has 21 heavy (non-hydrogen) atoms. The summed E-state index contributed by atoms with van der Waals surface area (Å²) in [5, 5.41) is 0.194. The molecule has 0 unspecified atom stereocenters. The van der Waals surface area contributed by atoms with Crippen molar-refractivity contribution in [2.24, 2.45) is 0 Å². The van der Waals surface area contributed by atoms with Crippen molar-refractivity contribution < 1.29 is 17.5 Å². The number of hydrogen-bond donors (Lipinski definition) is 2. The highest BCUT2D eigenvalue weighted by molar-refractivity contribution is 7.92. The van der Waals surface area contributed by atoms with Crippen molar-refractivity contribution in [2.45, 2.75) is 4.90 Å². The van der Waals surface area contributed by atoms with Crippen LogP contribution in [0, 0.1) is 5.82 Å². The molecule has 2 aromatic rings. The summed E-state index contributed by atoms with van der Waals surface area (Å²) in [4.78, 5) is -0.234. The third-order valence-electron chi connectivity index (χ3n) is 2.68. The third kappa shape index (κ3) is 3.37. The Morgan fingerprint density at radius 3 is 2.57 bits per heavy atom. The van der Waals surface area contributed by atoms with Crippen LogP contribution in [0.5, 0.6) is 5.75 Å². The number of benzene rings is 2. The van der Waals surface area contributed by atoms with Crippen LogP contribution in [-0.2, 0) is 10.0 Å². The highest BCUT2D eigenvalue weighted by atomic mass is 35.5. The highest BCUT2D eigenvalue weighted by Crippen LogP contribution is 2.30. The van der Waals surface area contributed by atoms with Crippen molar-refractivity contribution >= 4 is 33.0 Å². The predicted octanol–water partition coefficient (Wildman–Crippen LogP) is 2.87. The van der Waals surface area contributed by atoms with Crippen LogP contribution in [0.25, 0.3) is 0 Å². The number of rotatable bonds is 4. The minimum absolute atomic E-state index is 0.139. The molecule has 0 aliphatic heterocycles. The summed E-state index contributed by atoms with van der Waals surface area (Å²) in [6.45, 7) is 0. The topological polar surface area (TPSA) is 81.4 Å². The minimum Gasteiger partial charge on any atom is -0.497 e. The second-order valence-electron chi connectivity index (χ2n) is 4.13. The maximum absolute atomic E-state index is 13.0. The molecule has 2 aromatic carbocycles. The summed E-state index contributed by atoms with van der Waals surface area (Å²) in [5.41, 5.74) is 5.48. The molecule has 0 spiro atoms. The predicted molar refractivity (Wildman–Crippen MR) is 79.6 cm³/mol. The smallest absolute Gasteiger partial charge is 0.263 e. The zero-order valence-corrected chi connectivity index (χ0v) is 12.5. The van der Waals surface area contributed by atoms with E-state index in [0.717, 1.165) is 18.2 Å². The van der Waals surface area contributed by atoms with E-state index in [9.17, 15) is 12.8 Å². The maximum Gasteiger partial charge on any atom is 0.263 e. The van der Waals surface area contributed by atoms with Crippen LogP contribution in [0.4, 0.5) is 15.8 Å². The monoisotopic (exact) mass is 330 g/mol. The summed E-state index contributed by atoms with van der Waals surface area (Å²) in [6, 6.07) is 7.54. The normalized spacial score (nSPS) is 11.2. The fourth-order valence-corrected chi connectivity index (χ4v) is 3.08. The molecule has 5 nitrogen and oxygen atoms in total. The number of hydrogen-bond acceptors (Lipinski definition) is 4. The summed E-state index contributed by atoms with van der Waals surface area (Å²) in [6.07, 6.45) is 0. The van der Waals surface area contributed by atoms with Crippen LogP contribution in [0.1, 0.15) is 0 Å². The molecule has 3 N–H and O–H groups in total. The van der Waals surface area contributed by atoms with E-state index in [-0.39, 0.29) is 21.3 Å². The van der Waals surface area contributed by atoms with Gasteiger partial charge in [-0.3, -0.25) is 4.72 Å². The van der Waals surface area contributed by atoms with Crippen LogP contribution >= 0.6 is 11.6 Å². The Hall–Kier alpha value is -1.99. The van der Waals surface area contributed by atoms with Gasteiger partial charge in [0.25, 0.3) is 10.0 Å². The average molecular weight is 331 g/mol. The van der Waals surface area contributed by atoms with Gasteiger partial charge in [0.05, 0.1) is 23.5 Å². The molecule has 0 aromatic heterocycles. The van der Waals surface area contributed by atoms with E-state index in [1.807, 2.05) is 0 Å². The van der Waals surface area contributed by atoms with Crippen LogP contribution in [-0.4, -0.2) is 15.5 Å². The molecule has 0 amide bonds.